The van der Waals surface area contributed by atoms with Gasteiger partial charge in [-0.15, -0.1) is 17.0 Å². The van der Waals surface area contributed by atoms with Crippen molar-refractivity contribution in [3.8, 4) is 0 Å². The van der Waals surface area contributed by atoms with Crippen LogP contribution in [0, 0.1) is 20.8 Å². The number of ketones is 1. The summed E-state index contributed by atoms with van der Waals surface area (Å²) in [6, 6.07) is 14.4. The van der Waals surface area contributed by atoms with Crippen molar-refractivity contribution in [2.75, 3.05) is 0 Å². The third kappa shape index (κ3) is 3.67. The van der Waals surface area contributed by atoms with Gasteiger partial charge in [0.15, 0.2) is 12.4 Å². The van der Waals surface area contributed by atoms with Crippen LogP contribution in [-0.2, 0) is 6.54 Å². The highest BCUT2D eigenvalue weighted by atomic mass is 79.9. The third-order valence-electron chi connectivity index (χ3n) is 4.03. The van der Waals surface area contributed by atoms with Crippen LogP contribution in [0.3, 0.4) is 0 Å². The Balaban J connectivity index is 0.00000192. The Morgan fingerprint density at radius 1 is 0.957 bits per heavy atom. The minimum absolute atomic E-state index is 0. The number of fused-ring (bicyclic) bond motifs is 1. The zero-order chi connectivity index (χ0) is 15.7. The molecule has 0 spiro atoms. The Hall–Kier alpha value is -2.00. The Morgan fingerprint density at radius 3 is 2.22 bits per heavy atom. The molecule has 3 heteroatoms. The summed E-state index contributed by atoms with van der Waals surface area (Å²) >= 11 is 0. The van der Waals surface area contributed by atoms with E-state index in [0.29, 0.717) is 6.54 Å². The Labute approximate surface area is 147 Å². The molecule has 0 radical (unpaired) electrons. The molecule has 1 heterocycles. The molecule has 0 atom stereocenters. The van der Waals surface area contributed by atoms with Gasteiger partial charge < -0.3 is 0 Å². The Bertz CT molecular complexity index is 847. The van der Waals surface area contributed by atoms with E-state index in [9.17, 15) is 4.79 Å². The third-order valence-corrected chi connectivity index (χ3v) is 4.03. The first-order valence-electron chi connectivity index (χ1n) is 7.53. The van der Waals surface area contributed by atoms with Crippen LogP contribution in [0.2, 0.25) is 0 Å². The van der Waals surface area contributed by atoms with Crippen LogP contribution >= 0.6 is 17.0 Å². The molecule has 2 nitrogen and oxygen atoms in total. The lowest BCUT2D eigenvalue weighted by Gasteiger charge is -2.09. The second-order valence-corrected chi connectivity index (χ2v) is 5.94. The standard InChI is InChI=1S/C20H20NO.BrH/c1-14-10-15(2)20(16(3)11-14)19(22)13-21-9-8-17-6-4-5-7-18(17)12-21;/h4-12H,13H2,1-3H3;1H/q+1;. The van der Waals surface area contributed by atoms with Gasteiger partial charge in [-0.25, -0.2) is 0 Å². The first-order chi connectivity index (χ1) is 10.5. The van der Waals surface area contributed by atoms with Crippen LogP contribution in [0.25, 0.3) is 10.8 Å². The van der Waals surface area contributed by atoms with Crippen molar-refractivity contribution in [3.05, 3.63) is 77.1 Å². The fraction of sp³-hybridized carbons (Fsp3) is 0.200. The molecule has 3 aromatic rings. The van der Waals surface area contributed by atoms with E-state index < -0.39 is 0 Å². The van der Waals surface area contributed by atoms with Crippen LogP contribution in [0.5, 0.6) is 0 Å². The molecule has 23 heavy (non-hydrogen) atoms. The fourth-order valence-corrected chi connectivity index (χ4v) is 3.14. The lowest BCUT2D eigenvalue weighted by Crippen LogP contribution is -2.37. The average molecular weight is 371 g/mol. The van der Waals surface area contributed by atoms with Crippen molar-refractivity contribution in [2.45, 2.75) is 27.3 Å². The van der Waals surface area contributed by atoms with Crippen LogP contribution in [0.1, 0.15) is 27.0 Å². The molecule has 0 amide bonds. The number of hydrogen-bond donors (Lipinski definition) is 0. The summed E-state index contributed by atoms with van der Waals surface area (Å²) in [7, 11) is 0. The van der Waals surface area contributed by atoms with Crippen molar-refractivity contribution in [1.82, 2.24) is 0 Å². The molecule has 0 bridgehead atoms. The predicted molar refractivity (Wildman–Crippen MR) is 99.4 cm³/mol. The van der Waals surface area contributed by atoms with Crippen molar-refractivity contribution in [3.63, 3.8) is 0 Å². The average Bonchev–Trinajstić information content (AvgIpc) is 2.46. The van der Waals surface area contributed by atoms with Gasteiger partial charge in [0.25, 0.3) is 0 Å². The van der Waals surface area contributed by atoms with Crippen molar-refractivity contribution in [1.29, 1.82) is 0 Å². The maximum atomic E-state index is 12.7. The lowest BCUT2D eigenvalue weighted by atomic mass is 9.96. The molecule has 0 saturated heterocycles. The smallest absolute Gasteiger partial charge is 0.228 e. The number of aryl methyl sites for hydroxylation is 3. The predicted octanol–water partition coefficient (Wildman–Crippen LogP) is 4.51. The summed E-state index contributed by atoms with van der Waals surface area (Å²) in [4.78, 5) is 12.7. The topological polar surface area (TPSA) is 20.9 Å². The normalized spacial score (nSPS) is 10.4. The van der Waals surface area contributed by atoms with E-state index in [1.54, 1.807) is 0 Å². The summed E-state index contributed by atoms with van der Waals surface area (Å²) in [5, 5.41) is 2.34. The molecular weight excluding hydrogens is 350 g/mol. The molecule has 0 aliphatic rings. The van der Waals surface area contributed by atoms with E-state index in [4.69, 9.17) is 0 Å². The van der Waals surface area contributed by atoms with Crippen LogP contribution in [-0.4, -0.2) is 5.78 Å². The summed E-state index contributed by atoms with van der Waals surface area (Å²) in [5.74, 6) is 0.162. The molecule has 0 saturated carbocycles. The van der Waals surface area contributed by atoms with Crippen molar-refractivity contribution < 1.29 is 9.36 Å². The highest BCUT2D eigenvalue weighted by Crippen LogP contribution is 2.17. The van der Waals surface area contributed by atoms with Crippen LogP contribution in [0.4, 0.5) is 0 Å². The first-order valence-corrected chi connectivity index (χ1v) is 7.53. The van der Waals surface area contributed by atoms with Gasteiger partial charge in [0.1, 0.15) is 0 Å². The molecule has 2 aromatic carbocycles. The minimum Gasteiger partial charge on any atom is -0.287 e. The number of aromatic nitrogens is 1. The highest BCUT2D eigenvalue weighted by Gasteiger charge is 2.17. The second kappa shape index (κ2) is 7.05. The van der Waals surface area contributed by atoms with E-state index >= 15 is 0 Å². The maximum absolute atomic E-state index is 12.7. The minimum atomic E-state index is 0. The number of nitrogens with zero attached hydrogens (tertiary/aromatic N) is 1. The van der Waals surface area contributed by atoms with E-state index in [1.165, 1.54) is 10.9 Å². The van der Waals surface area contributed by atoms with Gasteiger partial charge in [0.2, 0.25) is 12.3 Å². The number of benzene rings is 2. The van der Waals surface area contributed by atoms with Gasteiger partial charge in [-0.05, 0) is 43.4 Å². The van der Waals surface area contributed by atoms with E-state index in [-0.39, 0.29) is 22.8 Å². The largest absolute Gasteiger partial charge is 0.287 e. The summed E-state index contributed by atoms with van der Waals surface area (Å²) in [6.45, 7) is 6.46. The number of hydrogen-bond acceptors (Lipinski definition) is 1. The molecule has 0 unspecified atom stereocenters. The van der Waals surface area contributed by atoms with Crippen molar-refractivity contribution in [2.24, 2.45) is 0 Å². The lowest BCUT2D eigenvalue weighted by molar-refractivity contribution is -0.681. The molecule has 1 aromatic heterocycles. The Morgan fingerprint density at radius 2 is 1.57 bits per heavy atom. The van der Waals surface area contributed by atoms with E-state index in [1.807, 2.05) is 42.9 Å². The molecule has 0 N–H and O–H groups in total. The van der Waals surface area contributed by atoms with Gasteiger partial charge in [0.05, 0.1) is 0 Å². The van der Waals surface area contributed by atoms with Crippen molar-refractivity contribution >= 4 is 33.5 Å². The second-order valence-electron chi connectivity index (χ2n) is 5.94. The van der Waals surface area contributed by atoms with Gasteiger partial charge in [0, 0.05) is 17.0 Å². The number of Topliss-reactive ketones (excluding diaryl/α,β-unsaturated/α-hetero) is 1. The molecule has 0 fully saturated rings. The van der Waals surface area contributed by atoms with Crippen LogP contribution in [0.15, 0.2) is 54.9 Å². The highest BCUT2D eigenvalue weighted by molar-refractivity contribution is 8.93. The number of carbonyl (C=O) groups excluding carboxylic acids is 1. The molecule has 0 aliphatic carbocycles. The summed E-state index contributed by atoms with van der Waals surface area (Å²) in [5.41, 5.74) is 4.17. The van der Waals surface area contributed by atoms with E-state index in [2.05, 4.69) is 37.3 Å². The van der Waals surface area contributed by atoms with Gasteiger partial charge >= 0.3 is 0 Å². The number of carbonyl (C=O) groups is 1. The van der Waals surface area contributed by atoms with Gasteiger partial charge in [-0.1, -0.05) is 35.9 Å². The van der Waals surface area contributed by atoms with Crippen LogP contribution < -0.4 is 4.57 Å². The Kier molecular flexibility index (Phi) is 5.32. The summed E-state index contributed by atoms with van der Waals surface area (Å²) in [6.07, 6.45) is 4.01. The van der Waals surface area contributed by atoms with E-state index in [0.717, 1.165) is 22.1 Å². The van der Waals surface area contributed by atoms with Gasteiger partial charge in [-0.2, -0.15) is 4.57 Å². The fourth-order valence-electron chi connectivity index (χ4n) is 3.14. The quantitative estimate of drug-likeness (QED) is 0.490. The SMILES string of the molecule is Br.Cc1cc(C)c(C(=O)C[n+]2ccc3ccccc3c2)c(C)c1. The zero-order valence-electron chi connectivity index (χ0n) is 13.7. The molecule has 0 aliphatic heterocycles. The van der Waals surface area contributed by atoms with Gasteiger partial charge in [-0.3, -0.25) is 4.79 Å². The first kappa shape index (κ1) is 17.4. The molecular formula is C20H21BrNO+. The zero-order valence-corrected chi connectivity index (χ0v) is 15.4. The number of halogens is 1. The molecule has 118 valence electrons. The monoisotopic (exact) mass is 370 g/mol. The summed E-state index contributed by atoms with van der Waals surface area (Å²) < 4.78 is 1.96. The molecule has 3 rings (SSSR count). The maximum Gasteiger partial charge on any atom is 0.228 e. The number of pyridine rings is 1. The number of rotatable bonds is 3.